The van der Waals surface area contributed by atoms with Crippen LogP contribution in [-0.4, -0.2) is 10.2 Å². The smallest absolute Gasteiger partial charge is 0.126 e. The van der Waals surface area contributed by atoms with E-state index in [4.69, 9.17) is 0 Å². The van der Waals surface area contributed by atoms with Crippen LogP contribution in [0.15, 0.2) is 97.1 Å². The van der Waals surface area contributed by atoms with E-state index >= 15 is 0 Å². The Balaban J connectivity index is 1.59. The van der Waals surface area contributed by atoms with E-state index in [0.717, 1.165) is 40.1 Å². The van der Waals surface area contributed by atoms with Crippen LogP contribution in [0.5, 0.6) is 5.75 Å². The minimum absolute atomic E-state index is 0.279. The van der Waals surface area contributed by atoms with Gasteiger partial charge in [-0.2, -0.15) is 0 Å². The topological polar surface area (TPSA) is 40.5 Å². The summed E-state index contributed by atoms with van der Waals surface area (Å²) in [6, 6.07) is 23.7. The predicted molar refractivity (Wildman–Crippen MR) is 123 cm³/mol. The monoisotopic (exact) mass is 400 g/mol. The van der Waals surface area contributed by atoms with Gasteiger partial charge < -0.3 is 10.2 Å². The molecule has 0 saturated heterocycles. The normalized spacial score (nSPS) is 17.1. The Hall–Kier alpha value is -2.67. The summed E-state index contributed by atoms with van der Waals surface area (Å²) in [5.41, 5.74) is 2.75. The maximum atomic E-state index is 10.9. The molecule has 3 aromatic rings. The van der Waals surface area contributed by atoms with Gasteiger partial charge in [-0.05, 0) is 40.8 Å². The number of hydrogen-bond acceptors (Lipinski definition) is 2. The highest BCUT2D eigenvalue weighted by Gasteiger charge is 2.17. The first-order valence-electron chi connectivity index (χ1n) is 9.95. The molecule has 0 radical (unpaired) electrons. The summed E-state index contributed by atoms with van der Waals surface area (Å²) >= 11 is 0. The molecule has 0 spiro atoms. The van der Waals surface area contributed by atoms with Crippen molar-refractivity contribution in [2.24, 2.45) is 5.92 Å². The Morgan fingerprint density at radius 3 is 2.41 bits per heavy atom. The molecule has 0 saturated carbocycles. The Kier molecular flexibility index (Phi) is 6.24. The second-order valence-electron chi connectivity index (χ2n) is 7.35. The second-order valence-corrected chi connectivity index (χ2v) is 8.68. The summed E-state index contributed by atoms with van der Waals surface area (Å²) in [7, 11) is 0.279. The fraction of sp³-hybridized carbons (Fsp3) is 0.154. The van der Waals surface area contributed by atoms with Crippen molar-refractivity contribution < 1.29 is 10.2 Å². The molecule has 0 heterocycles. The Morgan fingerprint density at radius 2 is 1.62 bits per heavy atom. The Labute approximate surface area is 174 Å². The van der Waals surface area contributed by atoms with E-state index in [-0.39, 0.29) is 8.58 Å². The number of aromatic hydroxyl groups is 1. The lowest BCUT2D eigenvalue weighted by molar-refractivity contribution is 0.221. The van der Waals surface area contributed by atoms with Gasteiger partial charge in [0.2, 0.25) is 0 Å². The van der Waals surface area contributed by atoms with Crippen molar-refractivity contribution >= 4 is 19.2 Å². The number of phenolic OH excluding ortho intramolecular Hbond substituents is 1. The molecule has 1 aliphatic carbocycles. The molecular formula is C26H25O2P. The highest BCUT2D eigenvalue weighted by Crippen LogP contribution is 2.29. The minimum atomic E-state index is -0.676. The van der Waals surface area contributed by atoms with Gasteiger partial charge in [-0.3, -0.25) is 0 Å². The van der Waals surface area contributed by atoms with E-state index in [1.54, 1.807) is 0 Å². The molecule has 3 aromatic carbocycles. The van der Waals surface area contributed by atoms with E-state index in [0.29, 0.717) is 11.7 Å². The zero-order valence-electron chi connectivity index (χ0n) is 16.2. The van der Waals surface area contributed by atoms with Crippen LogP contribution in [0.25, 0.3) is 0 Å². The van der Waals surface area contributed by atoms with E-state index in [9.17, 15) is 10.2 Å². The summed E-state index contributed by atoms with van der Waals surface area (Å²) in [6.45, 7) is 0. The predicted octanol–water partition coefficient (Wildman–Crippen LogP) is 4.78. The number of allylic oxidation sites excluding steroid dienone is 4. The zero-order chi connectivity index (χ0) is 20.1. The summed E-state index contributed by atoms with van der Waals surface area (Å²) < 4.78 is 0. The third-order valence-electron chi connectivity index (χ3n) is 5.31. The number of benzene rings is 3. The molecule has 4 rings (SSSR count). The van der Waals surface area contributed by atoms with Crippen molar-refractivity contribution in [3.05, 3.63) is 114 Å². The van der Waals surface area contributed by atoms with Crippen molar-refractivity contribution in [2.75, 3.05) is 0 Å². The van der Waals surface area contributed by atoms with Crippen LogP contribution in [0.2, 0.25) is 0 Å². The van der Waals surface area contributed by atoms with Crippen molar-refractivity contribution in [1.82, 2.24) is 0 Å². The molecule has 146 valence electrons. The lowest BCUT2D eigenvalue weighted by atomic mass is 9.93. The van der Waals surface area contributed by atoms with Gasteiger partial charge in [0.15, 0.2) is 0 Å². The summed E-state index contributed by atoms with van der Waals surface area (Å²) in [4.78, 5) is 0. The molecule has 3 unspecified atom stereocenters. The summed E-state index contributed by atoms with van der Waals surface area (Å²) in [5.74, 6) is 0.814. The SMILES string of the molecule is Oc1c(CC2C=CC=CC2)cccc1Pc1ccccc1C(O)c1ccccc1. The van der Waals surface area contributed by atoms with E-state index in [2.05, 4.69) is 24.3 Å². The van der Waals surface area contributed by atoms with Crippen molar-refractivity contribution in [1.29, 1.82) is 0 Å². The maximum Gasteiger partial charge on any atom is 0.126 e. The van der Waals surface area contributed by atoms with Crippen molar-refractivity contribution in [2.45, 2.75) is 18.9 Å². The number of hydrogen-bond donors (Lipinski definition) is 2. The quantitative estimate of drug-likeness (QED) is 0.585. The molecule has 3 atom stereocenters. The lowest BCUT2D eigenvalue weighted by Gasteiger charge is -2.18. The van der Waals surface area contributed by atoms with Crippen LogP contribution in [0.1, 0.15) is 29.2 Å². The van der Waals surface area contributed by atoms with Crippen LogP contribution >= 0.6 is 8.58 Å². The van der Waals surface area contributed by atoms with Gasteiger partial charge >= 0.3 is 0 Å². The Bertz CT molecular complexity index is 1020. The number of rotatable bonds is 6. The third kappa shape index (κ3) is 4.67. The molecule has 2 N–H and O–H groups in total. The fourth-order valence-electron chi connectivity index (χ4n) is 3.73. The van der Waals surface area contributed by atoms with E-state index in [1.165, 1.54) is 0 Å². The number of aliphatic hydroxyl groups excluding tert-OH is 1. The van der Waals surface area contributed by atoms with Crippen LogP contribution in [0.4, 0.5) is 0 Å². The molecular weight excluding hydrogens is 375 g/mol. The fourth-order valence-corrected chi connectivity index (χ4v) is 5.02. The van der Waals surface area contributed by atoms with Gasteiger partial charge in [-0.1, -0.05) is 106 Å². The first kappa shape index (κ1) is 19.6. The molecule has 3 heteroatoms. The standard InChI is InChI=1S/C26H25O2P/c27-25(20-12-5-2-6-13-20)22-15-7-8-16-23(22)29-24-17-9-14-21(26(24)28)18-19-10-3-1-4-11-19/h1-10,12-17,19,25,27-29H,11,18H2. The molecule has 0 amide bonds. The van der Waals surface area contributed by atoms with E-state index < -0.39 is 6.10 Å². The number of aliphatic hydroxyl groups is 1. The first-order valence-corrected chi connectivity index (χ1v) is 11.0. The van der Waals surface area contributed by atoms with Gasteiger partial charge in [0, 0.05) is 5.30 Å². The van der Waals surface area contributed by atoms with Crippen LogP contribution in [-0.2, 0) is 6.42 Å². The van der Waals surface area contributed by atoms with Crippen LogP contribution in [0.3, 0.4) is 0 Å². The van der Waals surface area contributed by atoms with Crippen molar-refractivity contribution in [3.8, 4) is 5.75 Å². The zero-order valence-corrected chi connectivity index (χ0v) is 17.2. The average Bonchev–Trinajstić information content (AvgIpc) is 2.78. The van der Waals surface area contributed by atoms with Crippen molar-refractivity contribution in [3.63, 3.8) is 0 Å². The second kappa shape index (κ2) is 9.22. The van der Waals surface area contributed by atoms with E-state index in [1.807, 2.05) is 72.8 Å². The molecule has 0 aromatic heterocycles. The van der Waals surface area contributed by atoms with Crippen LogP contribution in [0, 0.1) is 5.92 Å². The molecule has 0 bridgehead atoms. The van der Waals surface area contributed by atoms with Crippen LogP contribution < -0.4 is 10.6 Å². The summed E-state index contributed by atoms with van der Waals surface area (Å²) in [6.07, 6.45) is 9.70. The lowest BCUT2D eigenvalue weighted by Crippen LogP contribution is -2.14. The van der Waals surface area contributed by atoms with Gasteiger partial charge in [-0.15, -0.1) is 0 Å². The molecule has 2 nitrogen and oxygen atoms in total. The first-order chi connectivity index (χ1) is 14.2. The molecule has 29 heavy (non-hydrogen) atoms. The molecule has 1 aliphatic rings. The number of para-hydroxylation sites is 1. The highest BCUT2D eigenvalue weighted by molar-refractivity contribution is 7.55. The van der Waals surface area contributed by atoms with Gasteiger partial charge in [0.1, 0.15) is 11.9 Å². The van der Waals surface area contributed by atoms with Gasteiger partial charge in [-0.25, -0.2) is 0 Å². The molecule has 0 fully saturated rings. The maximum absolute atomic E-state index is 10.9. The molecule has 0 aliphatic heterocycles. The summed E-state index contributed by atoms with van der Waals surface area (Å²) in [5, 5.41) is 23.8. The number of phenols is 1. The van der Waals surface area contributed by atoms with Gasteiger partial charge in [0.25, 0.3) is 0 Å². The minimum Gasteiger partial charge on any atom is -0.507 e. The Morgan fingerprint density at radius 1 is 0.862 bits per heavy atom. The van der Waals surface area contributed by atoms with Gasteiger partial charge in [0.05, 0.1) is 0 Å². The average molecular weight is 400 g/mol. The highest BCUT2D eigenvalue weighted by atomic mass is 31.1. The third-order valence-corrected chi connectivity index (χ3v) is 6.71. The largest absolute Gasteiger partial charge is 0.507 e.